The fourth-order valence-corrected chi connectivity index (χ4v) is 1.27. The SMILES string of the molecule is CCOC(=O)CNC(=O)c1cc(N)cc(N)c1. The molecule has 0 fully saturated rings. The van der Waals surface area contributed by atoms with Crippen molar-refractivity contribution in [2.75, 3.05) is 24.6 Å². The standard InChI is InChI=1S/C11H15N3O3/c1-2-17-10(15)6-14-11(16)7-3-8(12)5-9(13)4-7/h3-5H,2,6,12-13H2,1H3,(H,14,16). The monoisotopic (exact) mass is 237 g/mol. The highest BCUT2D eigenvalue weighted by atomic mass is 16.5. The van der Waals surface area contributed by atoms with Crippen LogP contribution < -0.4 is 16.8 Å². The second kappa shape index (κ2) is 5.74. The average molecular weight is 237 g/mol. The fourth-order valence-electron chi connectivity index (χ4n) is 1.27. The Hall–Kier alpha value is -2.24. The van der Waals surface area contributed by atoms with Crippen LogP contribution in [0.1, 0.15) is 17.3 Å². The van der Waals surface area contributed by atoms with E-state index in [2.05, 4.69) is 10.1 Å². The lowest BCUT2D eigenvalue weighted by molar-refractivity contribution is -0.141. The van der Waals surface area contributed by atoms with Crippen molar-refractivity contribution in [3.8, 4) is 0 Å². The van der Waals surface area contributed by atoms with Gasteiger partial charge in [0.05, 0.1) is 6.61 Å². The highest BCUT2D eigenvalue weighted by Crippen LogP contribution is 2.13. The van der Waals surface area contributed by atoms with Crippen molar-refractivity contribution in [1.82, 2.24) is 5.32 Å². The van der Waals surface area contributed by atoms with Crippen LogP contribution in [0.5, 0.6) is 0 Å². The normalized spacial score (nSPS) is 9.71. The summed E-state index contributed by atoms with van der Waals surface area (Å²) in [6.45, 7) is 1.79. The summed E-state index contributed by atoms with van der Waals surface area (Å²) in [5.74, 6) is -0.908. The Kier molecular flexibility index (Phi) is 4.33. The first-order valence-corrected chi connectivity index (χ1v) is 5.12. The lowest BCUT2D eigenvalue weighted by Gasteiger charge is -2.06. The molecule has 1 aromatic rings. The van der Waals surface area contributed by atoms with Gasteiger partial charge in [-0.25, -0.2) is 0 Å². The Balaban J connectivity index is 2.61. The van der Waals surface area contributed by atoms with Crippen molar-refractivity contribution in [2.45, 2.75) is 6.92 Å². The van der Waals surface area contributed by atoms with Gasteiger partial charge in [0.25, 0.3) is 5.91 Å². The molecule has 1 aromatic carbocycles. The van der Waals surface area contributed by atoms with E-state index < -0.39 is 11.9 Å². The van der Waals surface area contributed by atoms with Crippen LogP contribution in [0.4, 0.5) is 11.4 Å². The van der Waals surface area contributed by atoms with Crippen LogP contribution in [0.15, 0.2) is 18.2 Å². The average Bonchev–Trinajstić information content (AvgIpc) is 2.25. The minimum atomic E-state index is -0.488. The number of benzene rings is 1. The Labute approximate surface area is 98.9 Å². The Bertz CT molecular complexity index is 412. The maximum absolute atomic E-state index is 11.6. The summed E-state index contributed by atoms with van der Waals surface area (Å²) in [4.78, 5) is 22.7. The summed E-state index contributed by atoms with van der Waals surface area (Å²) >= 11 is 0. The van der Waals surface area contributed by atoms with Gasteiger partial charge in [0.15, 0.2) is 0 Å². The quantitative estimate of drug-likeness (QED) is 0.510. The number of hydrogen-bond donors (Lipinski definition) is 3. The zero-order valence-electron chi connectivity index (χ0n) is 9.53. The fraction of sp³-hybridized carbons (Fsp3) is 0.273. The van der Waals surface area contributed by atoms with Gasteiger partial charge >= 0.3 is 5.97 Å². The van der Waals surface area contributed by atoms with Gasteiger partial charge in [-0.05, 0) is 25.1 Å². The summed E-state index contributed by atoms with van der Waals surface area (Å²) in [5.41, 5.74) is 12.2. The number of carbonyl (C=O) groups excluding carboxylic acids is 2. The van der Waals surface area contributed by atoms with Gasteiger partial charge in [-0.3, -0.25) is 9.59 Å². The van der Waals surface area contributed by atoms with Crippen molar-refractivity contribution >= 4 is 23.3 Å². The molecule has 6 heteroatoms. The first kappa shape index (κ1) is 12.8. The summed E-state index contributed by atoms with van der Waals surface area (Å²) in [5, 5.41) is 2.41. The van der Waals surface area contributed by atoms with Crippen LogP contribution in [-0.4, -0.2) is 25.0 Å². The van der Waals surface area contributed by atoms with E-state index >= 15 is 0 Å². The van der Waals surface area contributed by atoms with Crippen LogP contribution in [0.3, 0.4) is 0 Å². The molecule has 0 bridgehead atoms. The molecule has 0 spiro atoms. The van der Waals surface area contributed by atoms with E-state index in [1.165, 1.54) is 12.1 Å². The molecule has 0 unspecified atom stereocenters. The van der Waals surface area contributed by atoms with Crippen LogP contribution in [0.25, 0.3) is 0 Å². The topological polar surface area (TPSA) is 107 Å². The van der Waals surface area contributed by atoms with Gasteiger partial charge in [0.2, 0.25) is 0 Å². The molecule has 0 aromatic heterocycles. The third-order valence-electron chi connectivity index (χ3n) is 1.94. The number of hydrogen-bond acceptors (Lipinski definition) is 5. The van der Waals surface area contributed by atoms with Gasteiger partial charge in [0.1, 0.15) is 6.54 Å². The van der Waals surface area contributed by atoms with E-state index in [-0.39, 0.29) is 13.2 Å². The number of esters is 1. The lowest BCUT2D eigenvalue weighted by Crippen LogP contribution is -2.30. The molecular formula is C11H15N3O3. The maximum atomic E-state index is 11.6. The van der Waals surface area contributed by atoms with Gasteiger partial charge in [-0.2, -0.15) is 0 Å². The minimum absolute atomic E-state index is 0.179. The number of rotatable bonds is 4. The number of carbonyl (C=O) groups is 2. The number of nitrogen functional groups attached to an aromatic ring is 2. The maximum Gasteiger partial charge on any atom is 0.325 e. The molecule has 1 rings (SSSR count). The first-order valence-electron chi connectivity index (χ1n) is 5.12. The zero-order chi connectivity index (χ0) is 12.8. The molecular weight excluding hydrogens is 222 g/mol. The first-order chi connectivity index (χ1) is 8.02. The number of ether oxygens (including phenoxy) is 1. The highest BCUT2D eigenvalue weighted by molar-refractivity contribution is 5.97. The van der Waals surface area contributed by atoms with Crippen molar-refractivity contribution in [2.24, 2.45) is 0 Å². The van der Waals surface area contributed by atoms with E-state index in [9.17, 15) is 9.59 Å². The largest absolute Gasteiger partial charge is 0.465 e. The summed E-state index contributed by atoms with van der Waals surface area (Å²) in [7, 11) is 0. The second-order valence-corrected chi connectivity index (χ2v) is 3.38. The van der Waals surface area contributed by atoms with Gasteiger partial charge in [-0.1, -0.05) is 0 Å². The Morgan fingerprint density at radius 1 is 1.24 bits per heavy atom. The molecule has 92 valence electrons. The van der Waals surface area contributed by atoms with E-state index in [1.54, 1.807) is 13.0 Å². The number of nitrogens with one attached hydrogen (secondary N) is 1. The van der Waals surface area contributed by atoms with Gasteiger partial charge < -0.3 is 21.5 Å². The summed E-state index contributed by atoms with van der Waals surface area (Å²) < 4.78 is 4.67. The van der Waals surface area contributed by atoms with E-state index in [0.29, 0.717) is 16.9 Å². The van der Waals surface area contributed by atoms with Crippen LogP contribution in [0, 0.1) is 0 Å². The van der Waals surface area contributed by atoms with E-state index in [4.69, 9.17) is 11.5 Å². The molecule has 0 atom stereocenters. The van der Waals surface area contributed by atoms with Crippen molar-refractivity contribution < 1.29 is 14.3 Å². The zero-order valence-corrected chi connectivity index (χ0v) is 9.53. The van der Waals surface area contributed by atoms with Gasteiger partial charge in [0, 0.05) is 16.9 Å². The number of anilines is 2. The molecule has 0 radical (unpaired) electrons. The van der Waals surface area contributed by atoms with Crippen LogP contribution >= 0.6 is 0 Å². The summed E-state index contributed by atoms with van der Waals surface area (Å²) in [6, 6.07) is 4.51. The molecule has 0 saturated heterocycles. The molecule has 17 heavy (non-hydrogen) atoms. The molecule has 0 aliphatic carbocycles. The lowest BCUT2D eigenvalue weighted by atomic mass is 10.1. The van der Waals surface area contributed by atoms with Gasteiger partial charge in [-0.15, -0.1) is 0 Å². The summed E-state index contributed by atoms with van der Waals surface area (Å²) in [6.07, 6.45) is 0. The third-order valence-corrected chi connectivity index (χ3v) is 1.94. The molecule has 1 amide bonds. The predicted octanol–water partition coefficient (Wildman–Crippen LogP) is 0.144. The molecule has 0 saturated carbocycles. The molecule has 0 aliphatic rings. The Morgan fingerprint density at radius 2 is 1.82 bits per heavy atom. The molecule has 0 aliphatic heterocycles. The van der Waals surface area contributed by atoms with Crippen molar-refractivity contribution in [3.05, 3.63) is 23.8 Å². The number of nitrogens with two attached hydrogens (primary N) is 2. The molecule has 6 nitrogen and oxygen atoms in total. The van der Waals surface area contributed by atoms with Crippen LogP contribution in [-0.2, 0) is 9.53 Å². The molecule has 0 heterocycles. The molecule has 5 N–H and O–H groups in total. The Morgan fingerprint density at radius 3 is 2.35 bits per heavy atom. The number of amides is 1. The smallest absolute Gasteiger partial charge is 0.325 e. The third kappa shape index (κ3) is 4.02. The highest BCUT2D eigenvalue weighted by Gasteiger charge is 2.09. The predicted molar refractivity (Wildman–Crippen MR) is 64.2 cm³/mol. The van der Waals surface area contributed by atoms with Crippen molar-refractivity contribution in [3.63, 3.8) is 0 Å². The van der Waals surface area contributed by atoms with Crippen molar-refractivity contribution in [1.29, 1.82) is 0 Å². The second-order valence-electron chi connectivity index (χ2n) is 3.38. The van der Waals surface area contributed by atoms with E-state index in [0.717, 1.165) is 0 Å². The van der Waals surface area contributed by atoms with E-state index in [1.807, 2.05) is 0 Å². The van der Waals surface area contributed by atoms with Crippen LogP contribution in [0.2, 0.25) is 0 Å². The minimum Gasteiger partial charge on any atom is -0.465 e.